The van der Waals surface area contributed by atoms with Gasteiger partial charge in [0, 0.05) is 6.42 Å². The highest BCUT2D eigenvalue weighted by Gasteiger charge is 2.35. The van der Waals surface area contributed by atoms with E-state index in [9.17, 15) is 4.79 Å². The fourth-order valence-corrected chi connectivity index (χ4v) is 4.02. The molecule has 0 aromatic carbocycles. The second-order valence-electron chi connectivity index (χ2n) is 10.7. The van der Waals surface area contributed by atoms with E-state index in [1.54, 1.807) is 0 Å². The molecular formula is C23H47NO2. The molecule has 0 aliphatic heterocycles. The summed E-state index contributed by atoms with van der Waals surface area (Å²) in [5, 5.41) is 0. The molecule has 26 heavy (non-hydrogen) atoms. The van der Waals surface area contributed by atoms with Crippen LogP contribution in [-0.4, -0.2) is 18.6 Å². The lowest BCUT2D eigenvalue weighted by Gasteiger charge is -2.39. The molecule has 0 radical (unpaired) electrons. The summed E-state index contributed by atoms with van der Waals surface area (Å²) in [6.07, 6.45) is 6.54. The third-order valence-corrected chi connectivity index (χ3v) is 6.00. The molecule has 0 rings (SSSR count). The molecule has 0 saturated heterocycles. The van der Waals surface area contributed by atoms with E-state index in [-0.39, 0.29) is 22.9 Å². The van der Waals surface area contributed by atoms with Crippen LogP contribution in [0.4, 0.5) is 0 Å². The lowest BCUT2D eigenvalue weighted by atomic mass is 9.69. The highest BCUT2D eigenvalue weighted by atomic mass is 16.5. The molecular weight excluding hydrogens is 322 g/mol. The Morgan fingerprint density at radius 2 is 1.46 bits per heavy atom. The van der Waals surface area contributed by atoms with Crippen LogP contribution in [0.1, 0.15) is 107 Å². The summed E-state index contributed by atoms with van der Waals surface area (Å²) in [6, 6.07) is 0. The van der Waals surface area contributed by atoms with E-state index in [0.717, 1.165) is 32.1 Å². The Hall–Kier alpha value is -0.570. The van der Waals surface area contributed by atoms with Crippen molar-refractivity contribution in [3.8, 4) is 0 Å². The molecule has 0 aromatic rings. The number of carbonyl (C=O) groups excluding carboxylic acids is 1. The SMILES string of the molecule is CCC(C)(C)CC(C)C(CC(C)(C)CC(C)(C)CC)OC(=O)CCCN. The minimum absolute atomic E-state index is 0.0197. The van der Waals surface area contributed by atoms with Crippen LogP contribution in [0, 0.1) is 22.2 Å². The first-order valence-corrected chi connectivity index (χ1v) is 10.7. The Kier molecular flexibility index (Phi) is 10.4. The zero-order valence-electron chi connectivity index (χ0n) is 19.2. The lowest BCUT2D eigenvalue weighted by molar-refractivity contribution is -0.154. The average Bonchev–Trinajstić information content (AvgIpc) is 2.50. The van der Waals surface area contributed by atoms with Gasteiger partial charge in [-0.3, -0.25) is 4.79 Å². The van der Waals surface area contributed by atoms with Gasteiger partial charge in [-0.15, -0.1) is 0 Å². The van der Waals surface area contributed by atoms with E-state index in [0.29, 0.717) is 30.7 Å². The maximum atomic E-state index is 12.3. The quantitative estimate of drug-likeness (QED) is 0.385. The van der Waals surface area contributed by atoms with E-state index in [1.165, 1.54) is 0 Å². The molecule has 0 amide bonds. The number of rotatable bonds is 13. The molecule has 0 bridgehead atoms. The van der Waals surface area contributed by atoms with Crippen LogP contribution in [0.15, 0.2) is 0 Å². The largest absolute Gasteiger partial charge is 0.462 e. The van der Waals surface area contributed by atoms with E-state index in [2.05, 4.69) is 62.3 Å². The molecule has 0 aromatic heterocycles. The van der Waals surface area contributed by atoms with Crippen LogP contribution >= 0.6 is 0 Å². The van der Waals surface area contributed by atoms with Crippen molar-refractivity contribution in [1.82, 2.24) is 0 Å². The van der Waals surface area contributed by atoms with Gasteiger partial charge in [0.05, 0.1) is 0 Å². The monoisotopic (exact) mass is 369 g/mol. The first kappa shape index (κ1) is 25.4. The van der Waals surface area contributed by atoms with Crippen molar-refractivity contribution < 1.29 is 9.53 Å². The summed E-state index contributed by atoms with van der Waals surface area (Å²) in [5.41, 5.74) is 6.27. The van der Waals surface area contributed by atoms with Crippen molar-refractivity contribution in [2.75, 3.05) is 6.54 Å². The minimum Gasteiger partial charge on any atom is -0.462 e. The Balaban J connectivity index is 5.21. The fraction of sp³-hybridized carbons (Fsp3) is 0.957. The van der Waals surface area contributed by atoms with Gasteiger partial charge < -0.3 is 10.5 Å². The topological polar surface area (TPSA) is 52.3 Å². The van der Waals surface area contributed by atoms with Crippen molar-refractivity contribution in [1.29, 1.82) is 0 Å². The maximum absolute atomic E-state index is 12.3. The number of hydrogen-bond donors (Lipinski definition) is 1. The number of nitrogens with two attached hydrogens (primary N) is 1. The van der Waals surface area contributed by atoms with Crippen LogP contribution in [0.25, 0.3) is 0 Å². The molecule has 156 valence electrons. The molecule has 2 N–H and O–H groups in total. The van der Waals surface area contributed by atoms with Crippen LogP contribution < -0.4 is 5.73 Å². The van der Waals surface area contributed by atoms with Crippen molar-refractivity contribution in [2.45, 2.75) is 113 Å². The standard InChI is InChI=1S/C23H47NO2/c1-10-21(4,5)15-18(3)19(26-20(25)13-12-14-24)16-23(8,9)17-22(6,7)11-2/h18-19H,10-17,24H2,1-9H3. The van der Waals surface area contributed by atoms with Gasteiger partial charge in [-0.1, -0.05) is 75.2 Å². The molecule has 0 saturated carbocycles. The van der Waals surface area contributed by atoms with E-state index in [1.807, 2.05) is 0 Å². The molecule has 0 heterocycles. The van der Waals surface area contributed by atoms with Gasteiger partial charge >= 0.3 is 5.97 Å². The second kappa shape index (κ2) is 10.7. The Morgan fingerprint density at radius 3 is 1.92 bits per heavy atom. The molecule has 0 aliphatic carbocycles. The Labute approximate surface area is 163 Å². The lowest BCUT2D eigenvalue weighted by Crippen LogP contribution is -2.35. The van der Waals surface area contributed by atoms with Crippen molar-refractivity contribution in [3.63, 3.8) is 0 Å². The van der Waals surface area contributed by atoms with Gasteiger partial charge in [0.15, 0.2) is 0 Å². The van der Waals surface area contributed by atoms with Gasteiger partial charge in [0.25, 0.3) is 0 Å². The number of hydrogen-bond acceptors (Lipinski definition) is 3. The Bertz CT molecular complexity index is 412. The van der Waals surface area contributed by atoms with Crippen LogP contribution in [0.2, 0.25) is 0 Å². The fourth-order valence-electron chi connectivity index (χ4n) is 4.02. The Morgan fingerprint density at radius 1 is 0.923 bits per heavy atom. The van der Waals surface area contributed by atoms with E-state index in [4.69, 9.17) is 10.5 Å². The molecule has 0 aliphatic rings. The summed E-state index contributed by atoms with van der Waals surface area (Å²) < 4.78 is 5.99. The third-order valence-electron chi connectivity index (χ3n) is 6.00. The van der Waals surface area contributed by atoms with Gasteiger partial charge in [0.1, 0.15) is 6.10 Å². The molecule has 3 nitrogen and oxygen atoms in total. The molecule has 0 fully saturated rings. The zero-order chi connectivity index (χ0) is 20.6. The minimum atomic E-state index is -0.0906. The highest BCUT2D eigenvalue weighted by molar-refractivity contribution is 5.69. The van der Waals surface area contributed by atoms with Crippen molar-refractivity contribution in [2.24, 2.45) is 27.9 Å². The smallest absolute Gasteiger partial charge is 0.306 e. The second-order valence-corrected chi connectivity index (χ2v) is 10.7. The summed E-state index contributed by atoms with van der Waals surface area (Å²) in [6.45, 7) is 21.2. The van der Waals surface area contributed by atoms with Crippen LogP contribution in [0.3, 0.4) is 0 Å². The maximum Gasteiger partial charge on any atom is 0.306 e. The number of ether oxygens (including phenoxy) is 1. The first-order chi connectivity index (χ1) is 11.8. The zero-order valence-corrected chi connectivity index (χ0v) is 19.2. The summed E-state index contributed by atoms with van der Waals surface area (Å²) in [4.78, 5) is 12.3. The van der Waals surface area contributed by atoms with E-state index >= 15 is 0 Å². The molecule has 3 heteroatoms. The molecule has 0 spiro atoms. The predicted molar refractivity (Wildman–Crippen MR) is 113 cm³/mol. The average molecular weight is 370 g/mol. The van der Waals surface area contributed by atoms with Crippen molar-refractivity contribution in [3.05, 3.63) is 0 Å². The molecule has 2 atom stereocenters. The summed E-state index contributed by atoms with van der Waals surface area (Å²) in [5.74, 6) is 0.267. The number of esters is 1. The summed E-state index contributed by atoms with van der Waals surface area (Å²) >= 11 is 0. The van der Waals surface area contributed by atoms with Gasteiger partial charge in [-0.05, 0) is 54.4 Å². The number of carbonyl (C=O) groups is 1. The van der Waals surface area contributed by atoms with Gasteiger partial charge in [-0.2, -0.15) is 0 Å². The van der Waals surface area contributed by atoms with Crippen molar-refractivity contribution >= 4 is 5.97 Å². The van der Waals surface area contributed by atoms with Crippen LogP contribution in [0.5, 0.6) is 0 Å². The van der Waals surface area contributed by atoms with Gasteiger partial charge in [0.2, 0.25) is 0 Å². The normalized spacial score (nSPS) is 15.6. The highest BCUT2D eigenvalue weighted by Crippen LogP contribution is 2.42. The van der Waals surface area contributed by atoms with Crippen LogP contribution in [-0.2, 0) is 9.53 Å². The van der Waals surface area contributed by atoms with E-state index < -0.39 is 0 Å². The predicted octanol–water partition coefficient (Wildman–Crippen LogP) is 6.34. The third kappa shape index (κ3) is 10.5. The summed E-state index contributed by atoms with van der Waals surface area (Å²) in [7, 11) is 0. The molecule has 2 unspecified atom stereocenters. The first-order valence-electron chi connectivity index (χ1n) is 10.7. The van der Waals surface area contributed by atoms with Gasteiger partial charge in [-0.25, -0.2) is 0 Å².